The third kappa shape index (κ3) is 9.96. The first-order valence-electron chi connectivity index (χ1n) is 24.8. The average Bonchev–Trinajstić information content (AvgIpc) is 3.58. The number of ether oxygens (including phenoxy) is 5. The van der Waals surface area contributed by atoms with Gasteiger partial charge in [-0.05, 0) is 108 Å². The number of hydrogen-bond acceptors (Lipinski definition) is 10. The van der Waals surface area contributed by atoms with Gasteiger partial charge in [-0.1, -0.05) is 75.3 Å². The van der Waals surface area contributed by atoms with Crippen molar-refractivity contribution >= 4 is 17.8 Å². The van der Waals surface area contributed by atoms with Crippen LogP contribution in [-0.4, -0.2) is 117 Å². The average molecular weight is 889 g/mol. The minimum atomic E-state index is -1.31. The van der Waals surface area contributed by atoms with E-state index in [0.29, 0.717) is 70.9 Å². The van der Waals surface area contributed by atoms with E-state index in [0.717, 1.165) is 19.3 Å². The molecule has 0 aliphatic carbocycles. The van der Waals surface area contributed by atoms with Crippen molar-refractivity contribution < 1.29 is 53.4 Å². The minimum Gasteiger partial charge on any atom is -0.481 e. The van der Waals surface area contributed by atoms with Crippen LogP contribution >= 0.6 is 0 Å². The van der Waals surface area contributed by atoms with Crippen LogP contribution in [0.5, 0.6) is 0 Å². The molecule has 4 N–H and O–H groups in total. The van der Waals surface area contributed by atoms with Gasteiger partial charge in [0.15, 0.2) is 11.6 Å². The highest BCUT2D eigenvalue weighted by Crippen LogP contribution is 2.54. The highest BCUT2D eigenvalue weighted by molar-refractivity contribution is 5.84. The van der Waals surface area contributed by atoms with E-state index in [1.165, 1.54) is 0 Å². The van der Waals surface area contributed by atoms with Crippen LogP contribution < -0.4 is 5.32 Å². The summed E-state index contributed by atoms with van der Waals surface area (Å²) in [6.45, 7) is 25.6. The Morgan fingerprint density at radius 2 is 1.51 bits per heavy atom. The number of carbonyl (C=O) groups excluding carboxylic acids is 2. The number of carbonyl (C=O) groups is 3. The fraction of sp³-hybridized carbons (Fsp3) is 0.900. The van der Waals surface area contributed by atoms with E-state index in [2.05, 4.69) is 46.9 Å². The molecule has 0 saturated carbocycles. The first-order chi connectivity index (χ1) is 29.5. The molecule has 6 aliphatic rings. The Labute approximate surface area is 378 Å². The summed E-state index contributed by atoms with van der Waals surface area (Å²) in [5, 5.41) is 36.4. The van der Waals surface area contributed by atoms with Gasteiger partial charge in [0.05, 0.1) is 53.7 Å². The Kier molecular flexibility index (Phi) is 15.4. The van der Waals surface area contributed by atoms with Crippen LogP contribution in [0.1, 0.15) is 160 Å². The maximum Gasteiger partial charge on any atom is 0.318 e. The second-order valence-corrected chi connectivity index (χ2v) is 22.0. The molecule has 5 saturated heterocycles. The summed E-state index contributed by atoms with van der Waals surface area (Å²) in [4.78, 5) is 42.7. The second-order valence-electron chi connectivity index (χ2n) is 22.0. The molecule has 6 aliphatic heterocycles. The normalized spacial score (nSPS) is 43.0. The van der Waals surface area contributed by atoms with Gasteiger partial charge in [0.2, 0.25) is 0 Å². The van der Waals surface area contributed by atoms with Gasteiger partial charge in [-0.2, -0.15) is 0 Å². The topological polar surface area (TPSA) is 173 Å². The van der Waals surface area contributed by atoms with E-state index in [1.54, 1.807) is 6.92 Å². The van der Waals surface area contributed by atoms with Gasteiger partial charge >= 0.3 is 12.0 Å². The first-order valence-corrected chi connectivity index (χ1v) is 24.8. The summed E-state index contributed by atoms with van der Waals surface area (Å²) in [7, 11) is 0. The molecule has 0 bridgehead atoms. The number of hydrogen-bond donors (Lipinski definition) is 4. The van der Waals surface area contributed by atoms with Crippen molar-refractivity contribution in [1.82, 2.24) is 10.2 Å². The third-order valence-corrected chi connectivity index (χ3v) is 17.2. The maximum absolute atomic E-state index is 14.7. The number of aliphatic hydroxyl groups excluding tert-OH is 1. The molecule has 18 atom stereocenters. The molecule has 6 rings (SSSR count). The molecule has 2 amide bonds. The Morgan fingerprint density at radius 3 is 2.11 bits per heavy atom. The number of carboxylic acid groups (broad SMARTS) is 1. The van der Waals surface area contributed by atoms with E-state index < -0.39 is 76.8 Å². The Morgan fingerprint density at radius 1 is 0.841 bits per heavy atom. The molecular weight excluding hydrogens is 805 g/mol. The van der Waals surface area contributed by atoms with Crippen molar-refractivity contribution in [3.63, 3.8) is 0 Å². The molecule has 0 unspecified atom stereocenters. The van der Waals surface area contributed by atoms with Gasteiger partial charge in [0, 0.05) is 43.2 Å². The second kappa shape index (κ2) is 19.2. The molecule has 13 heteroatoms. The lowest BCUT2D eigenvalue weighted by molar-refractivity contribution is -0.398. The summed E-state index contributed by atoms with van der Waals surface area (Å²) in [5.74, 6) is -5.89. The van der Waals surface area contributed by atoms with Gasteiger partial charge in [-0.3, -0.25) is 9.59 Å². The largest absolute Gasteiger partial charge is 0.481 e. The number of carboxylic acids is 1. The van der Waals surface area contributed by atoms with Crippen molar-refractivity contribution in [3.05, 3.63) is 12.2 Å². The number of piperidine rings is 1. The zero-order valence-corrected chi connectivity index (χ0v) is 40.7. The number of ketones is 1. The monoisotopic (exact) mass is 889 g/mol. The molecule has 13 nitrogen and oxygen atoms in total. The number of aliphatic hydroxyl groups is 2. The highest BCUT2D eigenvalue weighted by atomic mass is 16.8. The van der Waals surface area contributed by atoms with Crippen LogP contribution in [0.25, 0.3) is 0 Å². The van der Waals surface area contributed by atoms with Crippen molar-refractivity contribution in [3.8, 4) is 0 Å². The lowest BCUT2D eigenvalue weighted by Gasteiger charge is -2.55. The molecule has 360 valence electrons. The molecule has 0 radical (unpaired) electrons. The van der Waals surface area contributed by atoms with Crippen molar-refractivity contribution in [2.75, 3.05) is 13.1 Å². The molecule has 63 heavy (non-hydrogen) atoms. The standard InChI is InChI=1S/C50H84N2O11/c1-13-35(44(55)56)37-17-16-29(4)42(60-37)33(8)40(53)32(7)41(54)36(14-2)43-30(5)28-31(6)49(61-43)21-18-38(51-45(57)52-26-24-46(10,11)25-27-52)50(63-49)23-22-47(12,62-50)39-19-20-48(58,15-3)34(9)59-39/h18,21,29-40,42-43,53,58H,13-17,19-20,22-28H2,1-12H3,(H,51,57)(H,55,56)/t29-,30-,31+,32-,33-,34-,35+,36-,37+,38+,39+,40+,42+,43-,47-,48+,49-,50-/m0/s1. The van der Waals surface area contributed by atoms with Crippen LogP contribution in [0.4, 0.5) is 4.79 Å². The molecule has 0 aromatic carbocycles. The predicted octanol–water partition coefficient (Wildman–Crippen LogP) is 8.03. The van der Waals surface area contributed by atoms with Gasteiger partial charge in [-0.25, -0.2) is 4.79 Å². The fourth-order valence-electron chi connectivity index (χ4n) is 12.2. The van der Waals surface area contributed by atoms with E-state index in [1.807, 2.05) is 51.7 Å². The minimum absolute atomic E-state index is 0.0105. The number of rotatable bonds is 13. The lowest BCUT2D eigenvalue weighted by Crippen LogP contribution is -2.66. The predicted molar refractivity (Wildman–Crippen MR) is 240 cm³/mol. The number of amides is 2. The molecule has 0 aromatic rings. The van der Waals surface area contributed by atoms with Crippen LogP contribution in [0, 0.1) is 46.8 Å². The SMILES string of the molecule is CC[C@@H](C(=O)[C@@H](C)[C@@H](O)[C@H](C)[C@@H]1O[C@@H]([C@@H](CC)C(=O)O)CC[C@@H]1C)[C@H]1O[C@]2(C=C[C@@H](NC(=O)N3CCC(C)(C)CC3)[C@]3(CC[C@@](C)([C@H]4CC[C@](O)(CC)[C@H](C)O4)O3)O2)[C@H](C)C[C@@H]1C. The third-order valence-electron chi connectivity index (χ3n) is 17.2. The zero-order valence-electron chi connectivity index (χ0n) is 40.7. The van der Waals surface area contributed by atoms with Crippen LogP contribution in [-0.2, 0) is 33.3 Å². The summed E-state index contributed by atoms with van der Waals surface area (Å²) >= 11 is 0. The van der Waals surface area contributed by atoms with Gasteiger partial charge in [0.25, 0.3) is 0 Å². The van der Waals surface area contributed by atoms with Crippen LogP contribution in [0.3, 0.4) is 0 Å². The number of nitrogens with one attached hydrogen (secondary N) is 1. The zero-order chi connectivity index (χ0) is 46.4. The number of aliphatic carboxylic acids is 1. The molecule has 2 spiro atoms. The smallest absolute Gasteiger partial charge is 0.318 e. The fourth-order valence-corrected chi connectivity index (χ4v) is 12.2. The maximum atomic E-state index is 14.7. The molecule has 5 fully saturated rings. The van der Waals surface area contributed by atoms with Gasteiger partial charge < -0.3 is 49.2 Å². The summed E-state index contributed by atoms with van der Waals surface area (Å²) in [5.41, 5.74) is -1.51. The van der Waals surface area contributed by atoms with Gasteiger partial charge in [-0.15, -0.1) is 0 Å². The Hall–Kier alpha value is -2.13. The summed E-state index contributed by atoms with van der Waals surface area (Å²) < 4.78 is 34.8. The first kappa shape index (κ1) is 50.3. The molecule has 0 aromatic heterocycles. The van der Waals surface area contributed by atoms with Crippen molar-refractivity contribution in [2.24, 2.45) is 46.8 Å². The number of Topliss-reactive ketones (excluding diaryl/α,β-unsaturated/α-hetero) is 1. The number of nitrogens with zero attached hydrogens (tertiary/aromatic N) is 1. The van der Waals surface area contributed by atoms with Crippen LogP contribution in [0.15, 0.2) is 12.2 Å². The van der Waals surface area contributed by atoms with E-state index in [-0.39, 0.29) is 53.3 Å². The Bertz CT molecular complexity index is 1650. The van der Waals surface area contributed by atoms with E-state index in [9.17, 15) is 29.7 Å². The number of urea groups is 1. The Balaban J connectivity index is 1.24. The van der Waals surface area contributed by atoms with E-state index in [4.69, 9.17) is 23.7 Å². The molecular formula is C50H84N2O11. The summed E-state index contributed by atoms with van der Waals surface area (Å²) in [6, 6.07) is -0.799. The quantitative estimate of drug-likeness (QED) is 0.132. The van der Waals surface area contributed by atoms with Crippen molar-refractivity contribution in [1.29, 1.82) is 0 Å². The van der Waals surface area contributed by atoms with Crippen molar-refractivity contribution in [2.45, 2.75) is 226 Å². The lowest BCUT2D eigenvalue weighted by atomic mass is 9.72. The van der Waals surface area contributed by atoms with E-state index >= 15 is 0 Å². The highest BCUT2D eigenvalue weighted by Gasteiger charge is 2.63. The number of likely N-dealkylation sites (tertiary alicyclic amines) is 1. The van der Waals surface area contributed by atoms with Gasteiger partial charge in [0.1, 0.15) is 11.8 Å². The molecule has 6 heterocycles. The summed E-state index contributed by atoms with van der Waals surface area (Å²) in [6.07, 6.45) is 8.63. The van der Waals surface area contributed by atoms with Crippen LogP contribution in [0.2, 0.25) is 0 Å².